The third-order valence-corrected chi connectivity index (χ3v) is 3.20. The van der Waals surface area contributed by atoms with E-state index >= 15 is 0 Å². The number of ether oxygens (including phenoxy) is 2. The van der Waals surface area contributed by atoms with Gasteiger partial charge in [0, 0.05) is 26.3 Å². The molecular weight excluding hydrogens is 204 g/mol. The van der Waals surface area contributed by atoms with E-state index in [1.807, 2.05) is 0 Å². The molecule has 0 bridgehead atoms. The van der Waals surface area contributed by atoms with Crippen LogP contribution in [-0.2, 0) is 9.47 Å². The maximum Gasteiger partial charge on any atom is 0.0588 e. The highest BCUT2D eigenvalue weighted by Gasteiger charge is 2.21. The summed E-state index contributed by atoms with van der Waals surface area (Å²) < 4.78 is 11.0. The molecule has 0 aromatic rings. The summed E-state index contributed by atoms with van der Waals surface area (Å²) in [5, 5.41) is 0. The van der Waals surface area contributed by atoms with Crippen LogP contribution in [0.15, 0.2) is 0 Å². The first-order valence-electron chi connectivity index (χ1n) is 6.42. The Bertz CT molecular complexity index is 141. The molecule has 0 aliphatic heterocycles. The minimum atomic E-state index is 0.627. The fraction of sp³-hybridized carbons (Fsp3) is 1.00. The van der Waals surface area contributed by atoms with Gasteiger partial charge in [-0.05, 0) is 37.5 Å². The topological polar surface area (TPSA) is 70.5 Å². The van der Waals surface area contributed by atoms with Crippen molar-refractivity contribution in [2.45, 2.75) is 25.7 Å². The lowest BCUT2D eigenvalue weighted by atomic mass is 9.83. The molecule has 1 aliphatic carbocycles. The second kappa shape index (κ2) is 8.93. The Kier molecular flexibility index (Phi) is 7.76. The summed E-state index contributed by atoms with van der Waals surface area (Å²) in [5.41, 5.74) is 10.8. The molecule has 1 aliphatic rings. The van der Waals surface area contributed by atoms with Gasteiger partial charge in [-0.1, -0.05) is 0 Å². The highest BCUT2D eigenvalue weighted by Crippen LogP contribution is 2.28. The molecule has 0 saturated heterocycles. The van der Waals surface area contributed by atoms with Crippen LogP contribution in [-0.4, -0.2) is 39.5 Å². The third kappa shape index (κ3) is 5.80. The predicted octanol–water partition coefficient (Wildman–Crippen LogP) is 0.743. The minimum Gasteiger partial charge on any atom is -0.380 e. The zero-order valence-electron chi connectivity index (χ0n) is 10.2. The van der Waals surface area contributed by atoms with Gasteiger partial charge in [-0.2, -0.15) is 0 Å². The van der Waals surface area contributed by atoms with Crippen LogP contribution in [0.4, 0.5) is 0 Å². The van der Waals surface area contributed by atoms with Crippen LogP contribution in [0.3, 0.4) is 0 Å². The van der Waals surface area contributed by atoms with Gasteiger partial charge in [0.25, 0.3) is 0 Å². The molecule has 0 spiro atoms. The molecule has 16 heavy (non-hydrogen) atoms. The minimum absolute atomic E-state index is 0.627. The maximum absolute atomic E-state index is 5.48. The van der Waals surface area contributed by atoms with E-state index in [9.17, 15) is 0 Å². The van der Waals surface area contributed by atoms with Crippen molar-refractivity contribution in [2.24, 2.45) is 23.3 Å². The average Bonchev–Trinajstić information content (AvgIpc) is 2.32. The van der Waals surface area contributed by atoms with E-state index in [2.05, 4.69) is 0 Å². The highest BCUT2D eigenvalue weighted by atomic mass is 16.5. The largest absolute Gasteiger partial charge is 0.380 e. The first-order chi connectivity index (χ1) is 7.86. The number of nitrogens with two attached hydrogens (primary N) is 2. The zero-order chi connectivity index (χ0) is 11.6. The summed E-state index contributed by atoms with van der Waals surface area (Å²) in [6, 6.07) is 0. The van der Waals surface area contributed by atoms with Crippen molar-refractivity contribution in [2.75, 3.05) is 39.5 Å². The number of hydrogen-bond donors (Lipinski definition) is 2. The first-order valence-corrected chi connectivity index (χ1v) is 6.42. The standard InChI is InChI=1S/C12H26N2O2/c13-5-7-15-9-11-1-2-12(4-3-11)10-16-8-6-14/h11-12H,1-10,13-14H2. The van der Waals surface area contributed by atoms with Crippen LogP contribution in [0.5, 0.6) is 0 Å². The summed E-state index contributed by atoms with van der Waals surface area (Å²) in [5.74, 6) is 1.47. The molecule has 4 nitrogen and oxygen atoms in total. The number of rotatable bonds is 8. The van der Waals surface area contributed by atoms with Gasteiger partial charge in [0.05, 0.1) is 13.2 Å². The molecule has 96 valence electrons. The van der Waals surface area contributed by atoms with E-state index in [0.717, 1.165) is 25.0 Å². The summed E-state index contributed by atoms with van der Waals surface area (Å²) >= 11 is 0. The van der Waals surface area contributed by atoms with E-state index < -0.39 is 0 Å². The fourth-order valence-electron chi connectivity index (χ4n) is 2.23. The van der Waals surface area contributed by atoms with E-state index in [4.69, 9.17) is 20.9 Å². The van der Waals surface area contributed by atoms with Crippen molar-refractivity contribution in [3.05, 3.63) is 0 Å². The van der Waals surface area contributed by atoms with Crippen LogP contribution in [0.25, 0.3) is 0 Å². The van der Waals surface area contributed by atoms with E-state index in [-0.39, 0.29) is 0 Å². The van der Waals surface area contributed by atoms with E-state index in [1.54, 1.807) is 0 Å². The van der Waals surface area contributed by atoms with Gasteiger partial charge in [0.1, 0.15) is 0 Å². The van der Waals surface area contributed by atoms with Crippen molar-refractivity contribution in [1.82, 2.24) is 0 Å². The monoisotopic (exact) mass is 230 g/mol. The van der Waals surface area contributed by atoms with Gasteiger partial charge in [-0.3, -0.25) is 0 Å². The van der Waals surface area contributed by atoms with Crippen LogP contribution in [0.1, 0.15) is 25.7 Å². The Morgan fingerprint density at radius 2 is 1.12 bits per heavy atom. The Labute approximate surface area is 98.7 Å². The third-order valence-electron chi connectivity index (χ3n) is 3.20. The molecule has 1 saturated carbocycles. The molecule has 0 unspecified atom stereocenters. The Hall–Kier alpha value is -0.160. The predicted molar refractivity (Wildman–Crippen MR) is 65.2 cm³/mol. The quantitative estimate of drug-likeness (QED) is 0.603. The molecule has 4 N–H and O–H groups in total. The van der Waals surface area contributed by atoms with Gasteiger partial charge in [-0.25, -0.2) is 0 Å². The highest BCUT2D eigenvalue weighted by molar-refractivity contribution is 4.72. The fourth-order valence-corrected chi connectivity index (χ4v) is 2.23. The molecule has 1 fully saturated rings. The van der Waals surface area contributed by atoms with Crippen LogP contribution < -0.4 is 11.5 Å². The Balaban J connectivity index is 2.00. The van der Waals surface area contributed by atoms with Crippen molar-refractivity contribution < 1.29 is 9.47 Å². The lowest BCUT2D eigenvalue weighted by Crippen LogP contribution is -2.23. The molecule has 0 atom stereocenters. The summed E-state index contributed by atoms with van der Waals surface area (Å²) in [7, 11) is 0. The van der Waals surface area contributed by atoms with Crippen LogP contribution in [0.2, 0.25) is 0 Å². The van der Waals surface area contributed by atoms with Gasteiger partial charge in [-0.15, -0.1) is 0 Å². The smallest absolute Gasteiger partial charge is 0.0588 e. The average molecular weight is 230 g/mol. The molecule has 0 heterocycles. The molecule has 0 radical (unpaired) electrons. The van der Waals surface area contributed by atoms with Crippen LogP contribution >= 0.6 is 0 Å². The normalized spacial score (nSPS) is 25.9. The summed E-state index contributed by atoms with van der Waals surface area (Å²) in [6.45, 7) is 4.41. The van der Waals surface area contributed by atoms with Crippen molar-refractivity contribution in [3.63, 3.8) is 0 Å². The molecule has 1 rings (SSSR count). The first kappa shape index (κ1) is 13.9. The van der Waals surface area contributed by atoms with Crippen molar-refractivity contribution in [3.8, 4) is 0 Å². The molecular formula is C12H26N2O2. The summed E-state index contributed by atoms with van der Waals surface area (Å²) in [4.78, 5) is 0. The lowest BCUT2D eigenvalue weighted by molar-refractivity contribution is 0.0541. The van der Waals surface area contributed by atoms with E-state index in [0.29, 0.717) is 26.3 Å². The van der Waals surface area contributed by atoms with Gasteiger partial charge >= 0.3 is 0 Å². The maximum atomic E-state index is 5.48. The Morgan fingerprint density at radius 1 is 0.750 bits per heavy atom. The van der Waals surface area contributed by atoms with Gasteiger partial charge < -0.3 is 20.9 Å². The molecule has 0 aromatic carbocycles. The van der Waals surface area contributed by atoms with Crippen LogP contribution in [0, 0.1) is 11.8 Å². The van der Waals surface area contributed by atoms with Crippen molar-refractivity contribution >= 4 is 0 Å². The summed E-state index contributed by atoms with van der Waals surface area (Å²) in [6.07, 6.45) is 5.06. The van der Waals surface area contributed by atoms with Gasteiger partial charge in [0.15, 0.2) is 0 Å². The second-order valence-electron chi connectivity index (χ2n) is 4.61. The number of hydrogen-bond acceptors (Lipinski definition) is 4. The molecule has 0 amide bonds. The van der Waals surface area contributed by atoms with E-state index in [1.165, 1.54) is 25.7 Å². The zero-order valence-corrected chi connectivity index (χ0v) is 10.2. The SMILES string of the molecule is NCCOCC1CCC(COCCN)CC1. The van der Waals surface area contributed by atoms with Crippen molar-refractivity contribution in [1.29, 1.82) is 0 Å². The van der Waals surface area contributed by atoms with Gasteiger partial charge in [0.2, 0.25) is 0 Å². The molecule has 0 aromatic heterocycles. The second-order valence-corrected chi connectivity index (χ2v) is 4.61. The molecule has 4 heteroatoms. The lowest BCUT2D eigenvalue weighted by Gasteiger charge is -2.28. The Morgan fingerprint density at radius 3 is 1.44 bits per heavy atom.